The SMILES string of the molecule is COc1cc(C=O)cc(C(F)(F)F)c1C(=O)CBr. The number of alkyl halides is 4. The van der Waals surface area contributed by atoms with Gasteiger partial charge >= 0.3 is 6.18 Å². The molecule has 0 N–H and O–H groups in total. The summed E-state index contributed by atoms with van der Waals surface area (Å²) in [4.78, 5) is 22.1. The van der Waals surface area contributed by atoms with E-state index in [0.717, 1.165) is 13.2 Å². The lowest BCUT2D eigenvalue weighted by Crippen LogP contribution is -2.16. The fourth-order valence-electron chi connectivity index (χ4n) is 1.44. The van der Waals surface area contributed by atoms with Crippen molar-refractivity contribution in [1.82, 2.24) is 0 Å². The summed E-state index contributed by atoms with van der Waals surface area (Å²) in [5, 5.41) is -0.271. The number of aldehydes is 1. The first kappa shape index (κ1) is 14.7. The number of benzene rings is 1. The monoisotopic (exact) mass is 324 g/mol. The Kier molecular flexibility index (Phi) is 4.50. The van der Waals surface area contributed by atoms with Gasteiger partial charge in [-0.25, -0.2) is 0 Å². The van der Waals surface area contributed by atoms with Gasteiger partial charge in [0, 0.05) is 5.56 Å². The van der Waals surface area contributed by atoms with Crippen LogP contribution in [0.4, 0.5) is 13.2 Å². The van der Waals surface area contributed by atoms with E-state index in [2.05, 4.69) is 15.9 Å². The number of carbonyl (C=O) groups is 2. The summed E-state index contributed by atoms with van der Waals surface area (Å²) in [6.45, 7) is 0. The first-order chi connectivity index (χ1) is 8.35. The van der Waals surface area contributed by atoms with E-state index in [9.17, 15) is 22.8 Å². The minimum Gasteiger partial charge on any atom is -0.496 e. The summed E-state index contributed by atoms with van der Waals surface area (Å²) in [5.41, 5.74) is -1.95. The average Bonchev–Trinajstić information content (AvgIpc) is 2.34. The second-order valence-electron chi connectivity index (χ2n) is 3.32. The zero-order valence-corrected chi connectivity index (χ0v) is 10.8. The molecule has 0 saturated carbocycles. The quantitative estimate of drug-likeness (QED) is 0.485. The van der Waals surface area contributed by atoms with Crippen molar-refractivity contribution in [3.05, 3.63) is 28.8 Å². The van der Waals surface area contributed by atoms with Gasteiger partial charge in [-0.15, -0.1) is 0 Å². The van der Waals surface area contributed by atoms with Crippen LogP contribution in [0.3, 0.4) is 0 Å². The molecule has 0 heterocycles. The Balaban J connectivity index is 3.62. The Labute approximate surface area is 109 Å². The van der Waals surface area contributed by atoms with Gasteiger partial charge in [-0.3, -0.25) is 9.59 Å². The van der Waals surface area contributed by atoms with Crippen molar-refractivity contribution >= 4 is 28.0 Å². The molecule has 1 aromatic rings. The minimum absolute atomic E-state index is 0.203. The summed E-state index contributed by atoms with van der Waals surface area (Å²) in [5.74, 6) is -1.03. The second-order valence-corrected chi connectivity index (χ2v) is 3.88. The van der Waals surface area contributed by atoms with Crippen molar-refractivity contribution in [3.63, 3.8) is 0 Å². The fourth-order valence-corrected chi connectivity index (χ4v) is 1.72. The predicted molar refractivity (Wildman–Crippen MR) is 61.5 cm³/mol. The van der Waals surface area contributed by atoms with E-state index >= 15 is 0 Å². The smallest absolute Gasteiger partial charge is 0.417 e. The molecule has 0 aliphatic heterocycles. The molecule has 0 amide bonds. The first-order valence-corrected chi connectivity index (χ1v) is 5.80. The second kappa shape index (κ2) is 5.51. The van der Waals surface area contributed by atoms with Crippen LogP contribution in [0.25, 0.3) is 0 Å². The van der Waals surface area contributed by atoms with Gasteiger partial charge in [-0.05, 0) is 12.1 Å². The van der Waals surface area contributed by atoms with Crippen molar-refractivity contribution in [3.8, 4) is 5.75 Å². The maximum absolute atomic E-state index is 12.8. The van der Waals surface area contributed by atoms with Crippen molar-refractivity contribution < 1.29 is 27.5 Å². The number of hydrogen-bond donors (Lipinski definition) is 0. The molecule has 0 saturated heterocycles. The average molecular weight is 325 g/mol. The highest BCUT2D eigenvalue weighted by molar-refractivity contribution is 9.09. The highest BCUT2D eigenvalue weighted by Crippen LogP contribution is 2.37. The van der Waals surface area contributed by atoms with E-state index in [-0.39, 0.29) is 22.9 Å². The molecular weight excluding hydrogens is 317 g/mol. The number of ketones is 1. The molecule has 98 valence electrons. The molecule has 0 aliphatic rings. The summed E-state index contributed by atoms with van der Waals surface area (Å²) in [6.07, 6.45) is -4.47. The van der Waals surface area contributed by atoms with Crippen molar-refractivity contribution in [2.45, 2.75) is 6.18 Å². The van der Waals surface area contributed by atoms with Crippen LogP contribution in [0.2, 0.25) is 0 Å². The summed E-state index contributed by atoms with van der Waals surface area (Å²) in [6, 6.07) is 1.73. The van der Waals surface area contributed by atoms with Gasteiger partial charge in [0.05, 0.1) is 23.6 Å². The van der Waals surface area contributed by atoms with Crippen LogP contribution in [0, 0.1) is 0 Å². The highest BCUT2D eigenvalue weighted by atomic mass is 79.9. The minimum atomic E-state index is -4.74. The highest BCUT2D eigenvalue weighted by Gasteiger charge is 2.37. The molecule has 0 radical (unpaired) electrons. The van der Waals surface area contributed by atoms with Gasteiger partial charge in [-0.1, -0.05) is 15.9 Å². The molecule has 0 spiro atoms. The molecule has 18 heavy (non-hydrogen) atoms. The molecule has 3 nitrogen and oxygen atoms in total. The van der Waals surface area contributed by atoms with Crippen molar-refractivity contribution in [1.29, 1.82) is 0 Å². The molecule has 0 bridgehead atoms. The summed E-state index contributed by atoms with van der Waals surface area (Å²) >= 11 is 2.81. The van der Waals surface area contributed by atoms with Gasteiger partial charge in [0.2, 0.25) is 0 Å². The molecule has 0 aromatic heterocycles. The zero-order valence-electron chi connectivity index (χ0n) is 9.18. The number of carbonyl (C=O) groups excluding carboxylic acids is 2. The number of rotatable bonds is 4. The molecule has 0 fully saturated rings. The van der Waals surface area contributed by atoms with E-state index < -0.39 is 23.1 Å². The van der Waals surface area contributed by atoms with Crippen LogP contribution in [0.5, 0.6) is 5.75 Å². The van der Waals surface area contributed by atoms with Crippen molar-refractivity contribution in [2.75, 3.05) is 12.4 Å². The summed E-state index contributed by atoms with van der Waals surface area (Å²) in [7, 11) is 1.13. The van der Waals surface area contributed by atoms with E-state index in [4.69, 9.17) is 4.74 Å². The molecular formula is C11H8BrF3O3. The molecule has 0 aliphatic carbocycles. The third-order valence-electron chi connectivity index (χ3n) is 2.19. The molecule has 7 heteroatoms. The van der Waals surface area contributed by atoms with Crippen LogP contribution in [-0.2, 0) is 6.18 Å². The lowest BCUT2D eigenvalue weighted by atomic mass is 9.99. The van der Waals surface area contributed by atoms with Crippen molar-refractivity contribution in [2.24, 2.45) is 0 Å². The number of Topliss-reactive ketones (excluding diaryl/α,β-unsaturated/α-hetero) is 1. The maximum Gasteiger partial charge on any atom is 0.417 e. The van der Waals surface area contributed by atoms with Crippen LogP contribution >= 0.6 is 15.9 Å². The lowest BCUT2D eigenvalue weighted by molar-refractivity contribution is -0.138. The van der Waals surface area contributed by atoms with Gasteiger partial charge in [0.15, 0.2) is 5.78 Å². The van der Waals surface area contributed by atoms with E-state index in [1.54, 1.807) is 0 Å². The first-order valence-electron chi connectivity index (χ1n) is 4.68. The van der Waals surface area contributed by atoms with Gasteiger partial charge in [0.25, 0.3) is 0 Å². The van der Waals surface area contributed by atoms with E-state index in [0.29, 0.717) is 6.07 Å². The van der Waals surface area contributed by atoms with Crippen LogP contribution in [0.15, 0.2) is 12.1 Å². The van der Waals surface area contributed by atoms with Crippen LogP contribution in [-0.4, -0.2) is 24.5 Å². The third kappa shape index (κ3) is 2.90. The van der Waals surface area contributed by atoms with Gasteiger partial charge < -0.3 is 4.74 Å². The maximum atomic E-state index is 12.8. The Bertz CT molecular complexity index is 483. The number of halogens is 4. The largest absolute Gasteiger partial charge is 0.496 e. The van der Waals surface area contributed by atoms with Crippen LogP contribution in [0.1, 0.15) is 26.3 Å². The van der Waals surface area contributed by atoms with E-state index in [1.807, 2.05) is 0 Å². The number of methoxy groups -OCH3 is 1. The topological polar surface area (TPSA) is 43.4 Å². The normalized spacial score (nSPS) is 11.2. The molecule has 0 unspecified atom stereocenters. The number of hydrogen-bond acceptors (Lipinski definition) is 3. The lowest BCUT2D eigenvalue weighted by Gasteiger charge is -2.15. The molecule has 0 atom stereocenters. The Morgan fingerprint density at radius 2 is 2.06 bits per heavy atom. The van der Waals surface area contributed by atoms with Gasteiger partial charge in [-0.2, -0.15) is 13.2 Å². The van der Waals surface area contributed by atoms with Gasteiger partial charge in [0.1, 0.15) is 12.0 Å². The Hall–Kier alpha value is -1.37. The predicted octanol–water partition coefficient (Wildman–Crippen LogP) is 3.10. The molecule has 1 rings (SSSR count). The zero-order chi connectivity index (χ0) is 13.9. The fraction of sp³-hybridized carbons (Fsp3) is 0.273. The number of ether oxygens (including phenoxy) is 1. The Morgan fingerprint density at radius 1 is 1.44 bits per heavy atom. The summed E-state index contributed by atoms with van der Waals surface area (Å²) < 4.78 is 43.3. The molecule has 1 aromatic carbocycles. The van der Waals surface area contributed by atoms with Crippen LogP contribution < -0.4 is 4.74 Å². The van der Waals surface area contributed by atoms with E-state index in [1.165, 1.54) is 0 Å². The third-order valence-corrected chi connectivity index (χ3v) is 2.70. The standard InChI is InChI=1S/C11H8BrF3O3/c1-18-9-3-6(5-16)2-7(11(13,14)15)10(9)8(17)4-12/h2-3,5H,4H2,1H3. The Morgan fingerprint density at radius 3 is 2.44 bits per heavy atom.